The zero-order valence-corrected chi connectivity index (χ0v) is 8.83. The van der Waals surface area contributed by atoms with Crippen molar-refractivity contribution in [3.05, 3.63) is 0 Å². The summed E-state index contributed by atoms with van der Waals surface area (Å²) in [6, 6.07) is -1.28. The Balaban J connectivity index is 3.60. The maximum Gasteiger partial charge on any atom is 0.325 e. The highest BCUT2D eigenvalue weighted by Crippen LogP contribution is 1.95. The molecule has 0 aromatic heterocycles. The minimum atomic E-state index is -1.04. The number of nitrogens with one attached hydrogen (secondary N) is 2. The highest BCUT2D eigenvalue weighted by atomic mass is 16.4. The molecule has 2 amide bonds. The molecule has 0 fully saturated rings. The van der Waals surface area contributed by atoms with Gasteiger partial charge in [-0.2, -0.15) is 0 Å². The third-order valence-electron chi connectivity index (χ3n) is 1.73. The van der Waals surface area contributed by atoms with Crippen LogP contribution in [-0.2, 0) is 4.79 Å². The second-order valence-electron chi connectivity index (χ2n) is 3.64. The lowest BCUT2D eigenvalue weighted by molar-refractivity contribution is -0.138. The zero-order valence-electron chi connectivity index (χ0n) is 8.83. The highest BCUT2D eigenvalue weighted by molar-refractivity contribution is 5.82. The predicted molar refractivity (Wildman–Crippen MR) is 53.1 cm³/mol. The van der Waals surface area contributed by atoms with Gasteiger partial charge < -0.3 is 15.7 Å². The summed E-state index contributed by atoms with van der Waals surface area (Å²) in [6.45, 7) is 6.10. The van der Waals surface area contributed by atoms with Crippen LogP contribution in [0.5, 0.6) is 0 Å². The van der Waals surface area contributed by atoms with Gasteiger partial charge in [0, 0.05) is 6.54 Å². The quantitative estimate of drug-likeness (QED) is 0.617. The van der Waals surface area contributed by atoms with Gasteiger partial charge in [0.05, 0.1) is 0 Å². The molecular weight excluding hydrogens is 184 g/mol. The number of rotatable bonds is 5. The molecule has 0 radical (unpaired) electrons. The molecule has 0 saturated heterocycles. The second kappa shape index (κ2) is 6.23. The number of carbonyl (C=O) groups is 2. The maximum atomic E-state index is 11.1. The summed E-state index contributed by atoms with van der Waals surface area (Å²) in [5, 5.41) is 13.4. The monoisotopic (exact) mass is 202 g/mol. The molecule has 0 bridgehead atoms. The number of aliphatic carboxylic acids is 1. The summed E-state index contributed by atoms with van der Waals surface area (Å²) in [6.07, 6.45) is 0.884. The molecule has 0 aliphatic heterocycles. The van der Waals surface area contributed by atoms with Gasteiger partial charge in [0.15, 0.2) is 0 Å². The number of carboxylic acid groups (broad SMARTS) is 1. The summed E-state index contributed by atoms with van der Waals surface area (Å²) < 4.78 is 0. The molecule has 0 aliphatic carbocycles. The molecule has 0 aliphatic rings. The lowest BCUT2D eigenvalue weighted by atomic mass is 10.1. The van der Waals surface area contributed by atoms with Crippen LogP contribution in [0, 0.1) is 5.92 Å². The molecule has 0 heterocycles. The van der Waals surface area contributed by atoms with Crippen LogP contribution in [0.25, 0.3) is 0 Å². The lowest BCUT2D eigenvalue weighted by Crippen LogP contribution is -2.44. The molecular formula is C9H18N2O3. The van der Waals surface area contributed by atoms with Crippen molar-refractivity contribution in [1.82, 2.24) is 10.6 Å². The van der Waals surface area contributed by atoms with Crippen molar-refractivity contribution >= 4 is 12.0 Å². The summed E-state index contributed by atoms with van der Waals surface area (Å²) >= 11 is 0. The first kappa shape index (κ1) is 12.7. The summed E-state index contributed by atoms with van der Waals surface area (Å²) in [5.74, 6) is -0.517. The Morgan fingerprint density at radius 3 is 2.29 bits per heavy atom. The van der Waals surface area contributed by atoms with Gasteiger partial charge in [-0.05, 0) is 19.3 Å². The fourth-order valence-electron chi connectivity index (χ4n) is 0.784. The van der Waals surface area contributed by atoms with E-state index in [1.807, 2.05) is 0 Å². The van der Waals surface area contributed by atoms with E-state index < -0.39 is 18.0 Å². The van der Waals surface area contributed by atoms with E-state index in [4.69, 9.17) is 5.11 Å². The summed E-state index contributed by atoms with van der Waals surface area (Å²) in [5.41, 5.74) is 0. The van der Waals surface area contributed by atoms with Gasteiger partial charge in [0.2, 0.25) is 0 Å². The van der Waals surface area contributed by atoms with Crippen LogP contribution >= 0.6 is 0 Å². The number of urea groups is 1. The van der Waals surface area contributed by atoms with E-state index in [1.165, 1.54) is 6.92 Å². The predicted octanol–water partition coefficient (Wildman–Crippen LogP) is 0.805. The minimum Gasteiger partial charge on any atom is -0.480 e. The minimum absolute atomic E-state index is 0.430. The molecule has 5 nitrogen and oxygen atoms in total. The largest absolute Gasteiger partial charge is 0.480 e. The number of hydrogen-bond donors (Lipinski definition) is 3. The molecule has 1 atom stereocenters. The number of carboxylic acids is 1. The Hall–Kier alpha value is -1.26. The lowest BCUT2D eigenvalue weighted by Gasteiger charge is -2.11. The molecule has 5 heteroatoms. The van der Waals surface area contributed by atoms with Crippen LogP contribution in [-0.4, -0.2) is 29.7 Å². The Morgan fingerprint density at radius 1 is 1.29 bits per heavy atom. The fourth-order valence-corrected chi connectivity index (χ4v) is 0.784. The standard InChI is InChI=1S/C9H18N2O3/c1-6(2)4-5-10-9(14)11-7(3)8(12)13/h6-7H,4-5H2,1-3H3,(H,12,13)(H2,10,11,14)/t7-/m0/s1. The third kappa shape index (κ3) is 6.28. The van der Waals surface area contributed by atoms with E-state index in [1.54, 1.807) is 0 Å². The molecule has 0 unspecified atom stereocenters. The van der Waals surface area contributed by atoms with Crippen molar-refractivity contribution in [2.45, 2.75) is 33.2 Å². The zero-order chi connectivity index (χ0) is 11.1. The summed E-state index contributed by atoms with van der Waals surface area (Å²) in [7, 11) is 0. The smallest absolute Gasteiger partial charge is 0.325 e. The van der Waals surface area contributed by atoms with E-state index in [0.717, 1.165) is 6.42 Å². The Bertz CT molecular complexity index is 204. The van der Waals surface area contributed by atoms with E-state index in [0.29, 0.717) is 12.5 Å². The van der Waals surface area contributed by atoms with Gasteiger partial charge >= 0.3 is 12.0 Å². The van der Waals surface area contributed by atoms with E-state index in [9.17, 15) is 9.59 Å². The van der Waals surface area contributed by atoms with Crippen LogP contribution in [0.4, 0.5) is 4.79 Å². The van der Waals surface area contributed by atoms with Crippen molar-refractivity contribution in [3.63, 3.8) is 0 Å². The van der Waals surface area contributed by atoms with Crippen molar-refractivity contribution in [2.24, 2.45) is 5.92 Å². The van der Waals surface area contributed by atoms with Gasteiger partial charge in [-0.3, -0.25) is 4.79 Å². The average molecular weight is 202 g/mol. The van der Waals surface area contributed by atoms with E-state index in [2.05, 4.69) is 24.5 Å². The molecule has 0 spiro atoms. The molecule has 14 heavy (non-hydrogen) atoms. The number of amides is 2. The van der Waals surface area contributed by atoms with Crippen LogP contribution in [0.15, 0.2) is 0 Å². The van der Waals surface area contributed by atoms with Gasteiger partial charge in [-0.25, -0.2) is 4.79 Å². The van der Waals surface area contributed by atoms with Gasteiger partial charge in [-0.1, -0.05) is 13.8 Å². The second-order valence-corrected chi connectivity index (χ2v) is 3.64. The van der Waals surface area contributed by atoms with Crippen molar-refractivity contribution in [2.75, 3.05) is 6.54 Å². The van der Waals surface area contributed by atoms with Crippen LogP contribution in [0.2, 0.25) is 0 Å². The van der Waals surface area contributed by atoms with Crippen molar-refractivity contribution < 1.29 is 14.7 Å². The van der Waals surface area contributed by atoms with Gasteiger partial charge in [0.25, 0.3) is 0 Å². The van der Waals surface area contributed by atoms with Crippen molar-refractivity contribution in [1.29, 1.82) is 0 Å². The van der Waals surface area contributed by atoms with E-state index >= 15 is 0 Å². The average Bonchev–Trinajstić information content (AvgIpc) is 2.02. The molecule has 3 N–H and O–H groups in total. The highest BCUT2D eigenvalue weighted by Gasteiger charge is 2.12. The molecule has 0 aromatic carbocycles. The SMILES string of the molecule is CC(C)CCNC(=O)N[C@@H](C)C(=O)O. The number of carbonyl (C=O) groups excluding carboxylic acids is 1. The van der Waals surface area contributed by atoms with E-state index in [-0.39, 0.29) is 0 Å². The third-order valence-corrected chi connectivity index (χ3v) is 1.73. The molecule has 82 valence electrons. The Kier molecular flexibility index (Phi) is 5.67. The fraction of sp³-hybridized carbons (Fsp3) is 0.778. The topological polar surface area (TPSA) is 78.4 Å². The maximum absolute atomic E-state index is 11.1. The van der Waals surface area contributed by atoms with Crippen LogP contribution in [0.3, 0.4) is 0 Å². The van der Waals surface area contributed by atoms with Gasteiger partial charge in [-0.15, -0.1) is 0 Å². The van der Waals surface area contributed by atoms with Crippen LogP contribution in [0.1, 0.15) is 27.2 Å². The van der Waals surface area contributed by atoms with Crippen LogP contribution < -0.4 is 10.6 Å². The van der Waals surface area contributed by atoms with Crippen molar-refractivity contribution in [3.8, 4) is 0 Å². The molecule has 0 aromatic rings. The van der Waals surface area contributed by atoms with Gasteiger partial charge in [0.1, 0.15) is 6.04 Å². The first-order valence-electron chi connectivity index (χ1n) is 4.70. The molecule has 0 rings (SSSR count). The normalized spacial score (nSPS) is 12.3. The summed E-state index contributed by atoms with van der Waals surface area (Å²) in [4.78, 5) is 21.4. The molecule has 0 saturated carbocycles. The number of hydrogen-bond acceptors (Lipinski definition) is 2. The first-order chi connectivity index (χ1) is 6.43. The first-order valence-corrected chi connectivity index (χ1v) is 4.70. The Morgan fingerprint density at radius 2 is 1.86 bits per heavy atom. The Labute approximate surface area is 83.9 Å².